The number of aromatic nitrogens is 4. The molecule has 3 aromatic heterocycles. The molecule has 5 aromatic rings. The largest absolute Gasteiger partial charge is 0.354 e. The van der Waals surface area contributed by atoms with E-state index in [9.17, 15) is 0 Å². The Kier molecular flexibility index (Phi) is 6.74. The molecule has 0 amide bonds. The van der Waals surface area contributed by atoms with Crippen LogP contribution in [0.1, 0.15) is 22.8 Å². The van der Waals surface area contributed by atoms with Gasteiger partial charge in [-0.2, -0.15) is 0 Å². The van der Waals surface area contributed by atoms with Crippen LogP contribution in [0.15, 0.2) is 90.7 Å². The third kappa shape index (κ3) is 4.67. The Labute approximate surface area is 263 Å². The van der Waals surface area contributed by atoms with Gasteiger partial charge in [0.25, 0.3) is 0 Å². The third-order valence-electron chi connectivity index (χ3n) is 6.89. The molecule has 40 heavy (non-hydrogen) atoms. The average Bonchev–Trinajstić information content (AvgIpc) is 3.78. The van der Waals surface area contributed by atoms with Gasteiger partial charge in [-0.25, -0.2) is 9.97 Å². The van der Waals surface area contributed by atoms with Crippen LogP contribution in [0.2, 0.25) is 0 Å². The highest BCUT2D eigenvalue weighted by Gasteiger charge is 2.17. The van der Waals surface area contributed by atoms with E-state index in [1.165, 1.54) is 0 Å². The highest BCUT2D eigenvalue weighted by molar-refractivity contribution is 9.11. The predicted molar refractivity (Wildman–Crippen MR) is 181 cm³/mol. The molecule has 2 N–H and O–H groups in total. The lowest BCUT2D eigenvalue weighted by atomic mass is 10.0. The molecule has 0 unspecified atom stereocenters. The summed E-state index contributed by atoms with van der Waals surface area (Å²) in [7, 11) is 0. The Morgan fingerprint density at radius 1 is 0.400 bits per heavy atom. The van der Waals surface area contributed by atoms with Gasteiger partial charge in [-0.15, -0.1) is 0 Å². The Bertz CT molecular complexity index is 1930. The standard InChI is InChI=1S/C32H18Br4N4/c33-19-5-1-17(2-6-19)29-21-9-13-25(37-21)31(35)27-15-11-23(39-27)30(18-3-7-20(34)8-4-18)24-12-16-28(40-24)32(36)26-14-10-22(29)38-26/h1-16,37-38H. The van der Waals surface area contributed by atoms with Gasteiger partial charge in [0.1, 0.15) is 0 Å². The van der Waals surface area contributed by atoms with Gasteiger partial charge >= 0.3 is 0 Å². The van der Waals surface area contributed by atoms with Crippen LogP contribution in [0.4, 0.5) is 0 Å². The van der Waals surface area contributed by atoms with Crippen LogP contribution in [0.25, 0.3) is 68.6 Å². The topological polar surface area (TPSA) is 57.4 Å². The Morgan fingerprint density at radius 2 is 0.775 bits per heavy atom. The highest BCUT2D eigenvalue weighted by atomic mass is 79.9. The van der Waals surface area contributed by atoms with Crippen LogP contribution >= 0.6 is 63.7 Å². The van der Waals surface area contributed by atoms with Gasteiger partial charge in [-0.05, 0) is 116 Å². The number of halogens is 4. The number of hydrogen-bond donors (Lipinski definition) is 2. The number of nitrogens with zero attached hydrogens (tertiary/aromatic N) is 2. The lowest BCUT2D eigenvalue weighted by Crippen LogP contribution is -1.89. The van der Waals surface area contributed by atoms with Crippen LogP contribution in [0.5, 0.6) is 0 Å². The summed E-state index contributed by atoms with van der Waals surface area (Å²) >= 11 is 14.8. The van der Waals surface area contributed by atoms with E-state index in [1.807, 2.05) is 24.3 Å². The first-order valence-electron chi connectivity index (χ1n) is 12.4. The zero-order chi connectivity index (χ0) is 27.4. The molecular formula is C32H18Br4N4. The maximum atomic E-state index is 5.06. The summed E-state index contributed by atoms with van der Waals surface area (Å²) < 4.78 is 3.84. The van der Waals surface area contributed by atoms with Gasteiger partial charge in [0.15, 0.2) is 0 Å². The molecule has 5 heterocycles. The molecule has 4 nitrogen and oxygen atoms in total. The first-order valence-corrected chi connectivity index (χ1v) is 15.6. The average molecular weight is 778 g/mol. The van der Waals surface area contributed by atoms with Crippen LogP contribution in [0, 0.1) is 0 Å². The Morgan fingerprint density at radius 3 is 1.23 bits per heavy atom. The normalized spacial score (nSPS) is 12.3. The molecule has 2 aliphatic rings. The molecule has 8 heteroatoms. The predicted octanol–water partition coefficient (Wildman–Crippen LogP) is 11.0. The molecule has 0 spiro atoms. The smallest absolute Gasteiger partial charge is 0.0801 e. The fraction of sp³-hybridized carbons (Fsp3) is 0. The van der Waals surface area contributed by atoms with Crippen molar-refractivity contribution in [2.24, 2.45) is 0 Å². The van der Waals surface area contributed by atoms with Gasteiger partial charge in [-0.3, -0.25) is 0 Å². The second-order valence-electron chi connectivity index (χ2n) is 9.39. The maximum absolute atomic E-state index is 5.06. The van der Waals surface area contributed by atoms with Crippen molar-refractivity contribution in [3.8, 4) is 22.3 Å². The van der Waals surface area contributed by atoms with Crippen LogP contribution in [-0.2, 0) is 0 Å². The van der Waals surface area contributed by atoms with E-state index in [0.717, 1.165) is 85.0 Å². The molecule has 0 aliphatic carbocycles. The fourth-order valence-electron chi connectivity index (χ4n) is 4.98. The third-order valence-corrected chi connectivity index (χ3v) is 9.62. The van der Waals surface area contributed by atoms with E-state index in [4.69, 9.17) is 9.97 Å². The van der Waals surface area contributed by atoms with Crippen molar-refractivity contribution in [2.75, 3.05) is 0 Å². The number of rotatable bonds is 2. The van der Waals surface area contributed by atoms with Crippen LogP contribution in [0.3, 0.4) is 0 Å². The van der Waals surface area contributed by atoms with Gasteiger partial charge < -0.3 is 9.97 Å². The zero-order valence-corrected chi connectivity index (χ0v) is 27.0. The minimum atomic E-state index is 0.844. The van der Waals surface area contributed by atoms with E-state index < -0.39 is 0 Å². The second-order valence-corrected chi connectivity index (χ2v) is 12.8. The Hall–Kier alpha value is -3.04. The van der Waals surface area contributed by atoms with E-state index >= 15 is 0 Å². The minimum Gasteiger partial charge on any atom is -0.354 e. The van der Waals surface area contributed by atoms with Gasteiger partial charge in [0.05, 0.1) is 42.8 Å². The molecular weight excluding hydrogens is 760 g/mol. The molecule has 8 bridgehead atoms. The molecule has 0 fully saturated rings. The van der Waals surface area contributed by atoms with Crippen LogP contribution in [-0.4, -0.2) is 19.9 Å². The van der Waals surface area contributed by atoms with Crippen molar-refractivity contribution in [1.82, 2.24) is 19.9 Å². The van der Waals surface area contributed by atoms with Crippen molar-refractivity contribution in [3.63, 3.8) is 0 Å². The number of H-pyrrole nitrogens is 2. The first kappa shape index (κ1) is 25.9. The van der Waals surface area contributed by atoms with Crippen molar-refractivity contribution in [2.45, 2.75) is 0 Å². The summed E-state index contributed by atoms with van der Waals surface area (Å²) in [6, 6.07) is 25.0. The van der Waals surface area contributed by atoms with Crippen molar-refractivity contribution in [3.05, 3.63) is 113 Å². The van der Waals surface area contributed by atoms with Gasteiger partial charge in [0.2, 0.25) is 0 Å². The minimum absolute atomic E-state index is 0.844. The van der Waals surface area contributed by atoms with Crippen molar-refractivity contribution in [1.29, 1.82) is 0 Å². The lowest BCUT2D eigenvalue weighted by molar-refractivity contribution is 1.26. The van der Waals surface area contributed by atoms with E-state index in [1.54, 1.807) is 0 Å². The molecule has 2 aromatic carbocycles. The molecule has 7 rings (SSSR count). The SMILES string of the molecule is Brc1ccc(-c2c3nc(c(Br)c4ccc([nH]4)c(-c4ccc(Br)cc4)c4ccc([nH]4)c(Br)c4nc2C=C4)C=C3)cc1. The number of aromatic amines is 2. The molecule has 2 aliphatic heterocycles. The van der Waals surface area contributed by atoms with E-state index in [0.29, 0.717) is 0 Å². The summed E-state index contributed by atoms with van der Waals surface area (Å²) in [5, 5.41) is 0. The first-order chi connectivity index (χ1) is 19.4. The zero-order valence-electron chi connectivity index (χ0n) is 20.6. The second kappa shape index (κ2) is 10.4. The number of nitrogens with one attached hydrogen (secondary N) is 2. The lowest BCUT2D eigenvalue weighted by Gasteiger charge is -2.05. The highest BCUT2D eigenvalue weighted by Crippen LogP contribution is 2.36. The van der Waals surface area contributed by atoms with Crippen LogP contribution < -0.4 is 0 Å². The number of fused-ring (bicyclic) bond motifs is 8. The molecule has 0 atom stereocenters. The summed E-state index contributed by atoms with van der Waals surface area (Å²) in [6.45, 7) is 0. The number of benzene rings is 2. The van der Waals surface area contributed by atoms with Gasteiger partial charge in [-0.1, -0.05) is 56.1 Å². The van der Waals surface area contributed by atoms with Crippen molar-refractivity contribution < 1.29 is 0 Å². The summed E-state index contributed by atoms with van der Waals surface area (Å²) in [4.78, 5) is 17.4. The van der Waals surface area contributed by atoms with Gasteiger partial charge in [0, 0.05) is 31.1 Å². The number of hydrogen-bond acceptors (Lipinski definition) is 2. The van der Waals surface area contributed by atoms with E-state index in [2.05, 4.69) is 147 Å². The summed E-state index contributed by atoms with van der Waals surface area (Å²) in [6.07, 6.45) is 8.19. The fourth-order valence-corrected chi connectivity index (χ4v) is 6.41. The van der Waals surface area contributed by atoms with E-state index in [-0.39, 0.29) is 0 Å². The summed E-state index contributed by atoms with van der Waals surface area (Å²) in [5.74, 6) is 0. The molecule has 0 saturated carbocycles. The maximum Gasteiger partial charge on any atom is 0.0801 e. The molecule has 0 saturated heterocycles. The quantitative estimate of drug-likeness (QED) is 0.184. The van der Waals surface area contributed by atoms with Crippen molar-refractivity contribution >= 4 is 110 Å². The molecule has 194 valence electrons. The monoisotopic (exact) mass is 774 g/mol. The Balaban J connectivity index is 1.61. The summed E-state index contributed by atoms with van der Waals surface area (Å²) in [5.41, 5.74) is 11.5. The molecule has 0 radical (unpaired) electrons.